The summed E-state index contributed by atoms with van der Waals surface area (Å²) >= 11 is 0. The van der Waals surface area contributed by atoms with E-state index in [1.165, 1.54) is 17.0 Å². The Morgan fingerprint density at radius 3 is 2.47 bits per heavy atom. The van der Waals surface area contributed by atoms with Gasteiger partial charge in [0, 0.05) is 18.7 Å². The van der Waals surface area contributed by atoms with Crippen LogP contribution in [0.4, 0.5) is 5.69 Å². The second-order valence-corrected chi connectivity index (χ2v) is 4.55. The Labute approximate surface area is 109 Å². The van der Waals surface area contributed by atoms with E-state index in [0.29, 0.717) is 11.3 Å². The molecule has 19 heavy (non-hydrogen) atoms. The normalized spacial score (nSPS) is 18.7. The van der Waals surface area contributed by atoms with Crippen LogP contribution in [-0.2, 0) is 9.59 Å². The first kappa shape index (κ1) is 13.1. The fraction of sp³-hybridized carbons (Fsp3) is 0.308. The molecule has 1 aromatic rings. The fourth-order valence-electron chi connectivity index (χ4n) is 2.18. The van der Waals surface area contributed by atoms with Crippen LogP contribution in [0.25, 0.3) is 0 Å². The minimum atomic E-state index is -1.03. The number of anilines is 1. The number of rotatable bonds is 3. The van der Waals surface area contributed by atoms with Crippen molar-refractivity contribution >= 4 is 23.5 Å². The summed E-state index contributed by atoms with van der Waals surface area (Å²) in [5.41, 5.74) is 1.25. The van der Waals surface area contributed by atoms with Crippen LogP contribution in [-0.4, -0.2) is 34.6 Å². The summed E-state index contributed by atoms with van der Waals surface area (Å²) in [6, 6.07) is 4.54. The molecule has 1 fully saturated rings. The molecule has 1 aliphatic heterocycles. The third kappa shape index (κ3) is 2.42. The molecule has 100 valence electrons. The molecule has 1 heterocycles. The van der Waals surface area contributed by atoms with Crippen molar-refractivity contribution in [2.45, 2.75) is 13.3 Å². The number of hydrogen-bond donors (Lipinski definition) is 2. The maximum absolute atomic E-state index is 11.8. The Bertz CT molecular complexity index is 566. The lowest BCUT2D eigenvalue weighted by molar-refractivity contribution is -0.141. The summed E-state index contributed by atoms with van der Waals surface area (Å²) in [7, 11) is 0. The van der Waals surface area contributed by atoms with Gasteiger partial charge in [0.25, 0.3) is 0 Å². The number of carboxylic acids is 2. The van der Waals surface area contributed by atoms with Crippen LogP contribution in [0.3, 0.4) is 0 Å². The van der Waals surface area contributed by atoms with E-state index >= 15 is 0 Å². The highest BCUT2D eigenvalue weighted by molar-refractivity contribution is 6.00. The molecule has 0 aromatic heterocycles. The molecule has 6 heteroatoms. The molecule has 2 rings (SSSR count). The summed E-state index contributed by atoms with van der Waals surface area (Å²) in [4.78, 5) is 34.9. The first-order valence-electron chi connectivity index (χ1n) is 5.77. The number of carbonyl (C=O) groups excluding carboxylic acids is 1. The zero-order valence-electron chi connectivity index (χ0n) is 10.3. The van der Waals surface area contributed by atoms with E-state index in [-0.39, 0.29) is 24.4 Å². The van der Waals surface area contributed by atoms with Crippen molar-refractivity contribution in [3.05, 3.63) is 29.3 Å². The smallest absolute Gasteiger partial charge is 0.335 e. The Hall–Kier alpha value is -2.37. The molecule has 1 atom stereocenters. The van der Waals surface area contributed by atoms with Crippen LogP contribution in [0.15, 0.2) is 18.2 Å². The van der Waals surface area contributed by atoms with Gasteiger partial charge in [-0.2, -0.15) is 0 Å². The molecule has 1 aromatic carbocycles. The van der Waals surface area contributed by atoms with Gasteiger partial charge < -0.3 is 15.1 Å². The van der Waals surface area contributed by atoms with Gasteiger partial charge in [0.1, 0.15) is 0 Å². The van der Waals surface area contributed by atoms with Gasteiger partial charge in [-0.05, 0) is 30.7 Å². The van der Waals surface area contributed by atoms with E-state index in [1.54, 1.807) is 13.0 Å². The molecule has 1 aliphatic rings. The van der Waals surface area contributed by atoms with E-state index < -0.39 is 17.9 Å². The van der Waals surface area contributed by atoms with Gasteiger partial charge in [-0.15, -0.1) is 0 Å². The standard InChI is InChI=1S/C13H13NO5/c1-7-4-9(2-3-10(7)13(18)19)14-6-8(12(16)17)5-11(14)15/h2-4,8H,5-6H2,1H3,(H,16,17)(H,18,19). The summed E-state index contributed by atoms with van der Waals surface area (Å²) < 4.78 is 0. The van der Waals surface area contributed by atoms with Gasteiger partial charge >= 0.3 is 11.9 Å². The third-order valence-electron chi connectivity index (χ3n) is 3.23. The number of aromatic carboxylic acids is 1. The van der Waals surface area contributed by atoms with Crippen LogP contribution in [0, 0.1) is 12.8 Å². The first-order chi connectivity index (χ1) is 8.90. The predicted octanol–water partition coefficient (Wildman–Crippen LogP) is 1.13. The molecule has 0 saturated carbocycles. The number of carboxylic acid groups (broad SMARTS) is 2. The van der Waals surface area contributed by atoms with Crippen molar-refractivity contribution in [2.75, 3.05) is 11.4 Å². The largest absolute Gasteiger partial charge is 0.481 e. The molecule has 0 spiro atoms. The molecule has 1 unspecified atom stereocenters. The van der Waals surface area contributed by atoms with E-state index in [0.717, 1.165) is 0 Å². The molecule has 1 amide bonds. The average molecular weight is 263 g/mol. The third-order valence-corrected chi connectivity index (χ3v) is 3.23. The number of nitrogens with zero attached hydrogens (tertiary/aromatic N) is 1. The van der Waals surface area contributed by atoms with Crippen LogP contribution in [0.5, 0.6) is 0 Å². The monoisotopic (exact) mass is 263 g/mol. The quantitative estimate of drug-likeness (QED) is 0.852. The molecule has 0 bridgehead atoms. The minimum absolute atomic E-state index is 0.0188. The van der Waals surface area contributed by atoms with Crippen molar-refractivity contribution in [2.24, 2.45) is 5.92 Å². The highest BCUT2D eigenvalue weighted by Crippen LogP contribution is 2.27. The molecular weight excluding hydrogens is 250 g/mol. The number of aryl methyl sites for hydroxylation is 1. The van der Waals surface area contributed by atoms with Gasteiger partial charge in [-0.25, -0.2) is 4.79 Å². The van der Waals surface area contributed by atoms with Crippen molar-refractivity contribution in [1.29, 1.82) is 0 Å². The predicted molar refractivity (Wildman–Crippen MR) is 66.2 cm³/mol. The van der Waals surface area contributed by atoms with E-state index in [2.05, 4.69) is 0 Å². The molecular formula is C13H13NO5. The Morgan fingerprint density at radius 2 is 2.00 bits per heavy atom. The van der Waals surface area contributed by atoms with E-state index in [1.807, 2.05) is 0 Å². The van der Waals surface area contributed by atoms with Crippen LogP contribution in [0.2, 0.25) is 0 Å². The van der Waals surface area contributed by atoms with E-state index in [4.69, 9.17) is 10.2 Å². The lowest BCUT2D eigenvalue weighted by Crippen LogP contribution is -2.25. The molecule has 1 saturated heterocycles. The zero-order valence-corrected chi connectivity index (χ0v) is 10.3. The fourth-order valence-corrected chi connectivity index (χ4v) is 2.18. The number of benzene rings is 1. The van der Waals surface area contributed by atoms with Gasteiger partial charge in [-0.3, -0.25) is 9.59 Å². The van der Waals surface area contributed by atoms with Crippen LogP contribution in [0.1, 0.15) is 22.3 Å². The van der Waals surface area contributed by atoms with E-state index in [9.17, 15) is 14.4 Å². The van der Waals surface area contributed by atoms with Gasteiger partial charge in [-0.1, -0.05) is 0 Å². The van der Waals surface area contributed by atoms with Crippen molar-refractivity contribution < 1.29 is 24.6 Å². The second-order valence-electron chi connectivity index (χ2n) is 4.55. The van der Waals surface area contributed by atoms with Crippen molar-refractivity contribution in [3.8, 4) is 0 Å². The summed E-state index contributed by atoms with van der Waals surface area (Å²) in [6.45, 7) is 1.77. The SMILES string of the molecule is Cc1cc(N2CC(C(=O)O)CC2=O)ccc1C(=O)O. The average Bonchev–Trinajstić information content (AvgIpc) is 2.71. The summed E-state index contributed by atoms with van der Waals surface area (Å²) in [5.74, 6) is -2.98. The van der Waals surface area contributed by atoms with Gasteiger partial charge in [0.05, 0.1) is 11.5 Å². The summed E-state index contributed by atoms with van der Waals surface area (Å²) in [6.07, 6.45) is -0.0188. The lowest BCUT2D eigenvalue weighted by Gasteiger charge is -2.17. The number of aliphatic carboxylic acids is 1. The van der Waals surface area contributed by atoms with Crippen molar-refractivity contribution in [3.63, 3.8) is 0 Å². The second kappa shape index (κ2) is 4.72. The topological polar surface area (TPSA) is 94.9 Å². The maximum Gasteiger partial charge on any atom is 0.335 e. The Kier molecular flexibility index (Phi) is 3.25. The van der Waals surface area contributed by atoms with Gasteiger partial charge in [0.2, 0.25) is 5.91 Å². The zero-order chi connectivity index (χ0) is 14.2. The van der Waals surface area contributed by atoms with Crippen LogP contribution < -0.4 is 4.90 Å². The number of amides is 1. The summed E-state index contributed by atoms with van der Waals surface area (Å²) in [5, 5.41) is 17.8. The number of hydrogen-bond acceptors (Lipinski definition) is 3. The highest BCUT2D eigenvalue weighted by atomic mass is 16.4. The number of carbonyl (C=O) groups is 3. The Morgan fingerprint density at radius 1 is 1.32 bits per heavy atom. The van der Waals surface area contributed by atoms with Gasteiger partial charge in [0.15, 0.2) is 0 Å². The van der Waals surface area contributed by atoms with Crippen molar-refractivity contribution in [1.82, 2.24) is 0 Å². The minimum Gasteiger partial charge on any atom is -0.481 e. The maximum atomic E-state index is 11.8. The molecule has 6 nitrogen and oxygen atoms in total. The molecule has 2 N–H and O–H groups in total. The van der Waals surface area contributed by atoms with Crippen LogP contribution >= 0.6 is 0 Å². The Balaban J connectivity index is 2.28. The molecule has 0 radical (unpaired) electrons. The first-order valence-corrected chi connectivity index (χ1v) is 5.77. The highest BCUT2D eigenvalue weighted by Gasteiger charge is 2.35. The lowest BCUT2D eigenvalue weighted by atomic mass is 10.1. The molecule has 0 aliphatic carbocycles.